The van der Waals surface area contributed by atoms with Gasteiger partial charge in [-0.25, -0.2) is 0 Å². The van der Waals surface area contributed by atoms with Crippen LogP contribution in [-0.2, 0) is 43.2 Å². The van der Waals surface area contributed by atoms with Crippen LogP contribution in [0.5, 0.6) is 0 Å². The molecule has 2 N–H and O–H groups in total. The van der Waals surface area contributed by atoms with Crippen molar-refractivity contribution < 1.29 is 48.3 Å². The van der Waals surface area contributed by atoms with Crippen LogP contribution in [0, 0.1) is 0 Å². The topological polar surface area (TPSA) is 212 Å². The molecule has 118 heavy (non-hydrogen) atoms. The molecule has 9 atom stereocenters. The van der Waals surface area contributed by atoms with Crippen molar-refractivity contribution in [1.29, 1.82) is 0 Å². The maximum Gasteiger partial charge on any atom is 0.305 e. The van der Waals surface area contributed by atoms with Gasteiger partial charge in [0.2, 0.25) is 47.3 Å². The third kappa shape index (κ3) is 26.1. The van der Waals surface area contributed by atoms with E-state index in [9.17, 15) is 19.5 Å². The van der Waals surface area contributed by atoms with E-state index in [0.717, 1.165) is 50.1 Å². The van der Waals surface area contributed by atoms with E-state index in [-0.39, 0.29) is 169 Å². The molecule has 0 bridgehead atoms. The molecule has 9 aromatic carbocycles. The lowest BCUT2D eigenvalue weighted by Gasteiger charge is -2.36. The number of carbonyl (C=O) groups is 9. The van der Waals surface area contributed by atoms with Crippen molar-refractivity contribution >= 4 is 53.2 Å². The Bertz CT molecular complexity index is 4600. The number of carbonyl (C=O) groups excluding carboxylic acids is 8. The molecule has 0 spiro atoms. The molecule has 9 aromatic rings. The predicted octanol–water partition coefficient (Wildman–Crippen LogP) is 17.7. The summed E-state index contributed by atoms with van der Waals surface area (Å²) in [7, 11) is 0. The minimum Gasteiger partial charge on any atom is -0.481 e. The summed E-state index contributed by atoms with van der Waals surface area (Å²) in [6.45, 7) is 18.1. The highest BCUT2D eigenvalue weighted by molar-refractivity contribution is 5.85. The zero-order valence-corrected chi connectivity index (χ0v) is 70.1. The number of rotatable bonds is 45. The maximum absolute atomic E-state index is 15.5. The van der Waals surface area contributed by atoms with Crippen LogP contribution in [0.3, 0.4) is 0 Å². The van der Waals surface area contributed by atoms with E-state index < -0.39 is 48.3 Å². The van der Waals surface area contributed by atoms with E-state index in [4.69, 9.17) is 0 Å². The van der Waals surface area contributed by atoms with E-state index in [1.54, 1.807) is 39.2 Å². The van der Waals surface area contributed by atoms with Gasteiger partial charge in [-0.1, -0.05) is 273 Å². The second-order valence-corrected chi connectivity index (χ2v) is 30.6. The molecule has 19 heteroatoms. The Hall–Kier alpha value is -11.8. The molecule has 0 saturated carbocycles. The Morgan fingerprint density at radius 2 is 0.347 bits per heavy atom. The lowest BCUT2D eigenvalue weighted by molar-refractivity contribution is -0.142. The van der Waals surface area contributed by atoms with Gasteiger partial charge in [0.15, 0.2) is 0 Å². The lowest BCUT2D eigenvalue weighted by Crippen LogP contribution is -2.44. The van der Waals surface area contributed by atoms with Gasteiger partial charge in [-0.15, -0.1) is 0 Å². The van der Waals surface area contributed by atoms with Crippen LogP contribution in [0.1, 0.15) is 225 Å². The summed E-state index contributed by atoms with van der Waals surface area (Å²) < 4.78 is 0. The molecule has 0 aliphatic heterocycles. The molecule has 620 valence electrons. The van der Waals surface area contributed by atoms with Crippen molar-refractivity contribution in [2.24, 2.45) is 0 Å². The third-order valence-corrected chi connectivity index (χ3v) is 23.2. The number of hydrogen-bond donors (Lipinski definition) is 2. The molecule has 19 nitrogen and oxygen atoms in total. The summed E-state index contributed by atoms with van der Waals surface area (Å²) in [5.41, 5.74) is 7.97. The maximum atomic E-state index is 15.5. The van der Waals surface area contributed by atoms with Crippen LogP contribution < -0.4 is 5.32 Å². The van der Waals surface area contributed by atoms with E-state index in [0.29, 0.717) is 6.54 Å². The largest absolute Gasteiger partial charge is 0.481 e. The number of benzene rings is 9. The van der Waals surface area contributed by atoms with Gasteiger partial charge in [-0.3, -0.25) is 43.2 Å². The normalized spacial score (nSPS) is 13.5. The van der Waals surface area contributed by atoms with E-state index in [1.165, 1.54) is 0 Å². The number of nitrogens with zero attached hydrogens (tertiary/aromatic N) is 8. The molecule has 9 rings (SSSR count). The van der Waals surface area contributed by atoms with Gasteiger partial charge >= 0.3 is 5.97 Å². The Kier molecular flexibility index (Phi) is 35.3. The summed E-state index contributed by atoms with van der Waals surface area (Å²) in [6, 6.07) is 83.0. The monoisotopic (exact) mass is 1590 g/mol. The average Bonchev–Trinajstić information content (AvgIpc) is 0.837. The highest BCUT2D eigenvalue weighted by atomic mass is 16.4. The van der Waals surface area contributed by atoms with Crippen molar-refractivity contribution in [1.82, 2.24) is 44.5 Å². The van der Waals surface area contributed by atoms with Gasteiger partial charge in [0, 0.05) is 116 Å². The van der Waals surface area contributed by atoms with Gasteiger partial charge in [0.05, 0.1) is 54.8 Å². The fourth-order valence-electron chi connectivity index (χ4n) is 15.7. The smallest absolute Gasteiger partial charge is 0.305 e. The fourth-order valence-corrected chi connectivity index (χ4v) is 15.7. The standard InChI is InChI=1S/C99H119N9O10/c1-73(82-37-19-10-20-38-82)100-64-55-91(109)101(74(2)83-39-21-11-22-40-83)65-56-92(110)102(75(3)84-41-23-12-24-42-84)66-57-93(111)103(76(4)85-43-25-13-26-44-85)67-58-94(112)104(77(5)86-45-27-14-28-46-86)68-59-95(113)105(78(6)87-47-29-15-30-48-87)69-60-96(114)106(79(7)88-49-31-16-32-50-88)70-61-97(115)107(80(8)89-51-33-17-34-52-89)71-62-98(116)108(72-63-99(117)118)81(9)90-53-35-18-36-54-90/h10-54,73-81,100H,55-72H2,1-9H3,(H,117,118)/t73-,74-,75-,76-,77-,78-,79-,80-,81-/m0/s1. The van der Waals surface area contributed by atoms with Gasteiger partial charge < -0.3 is 49.6 Å². The predicted molar refractivity (Wildman–Crippen MR) is 465 cm³/mol. The molecular formula is C99H119N9O10. The summed E-state index contributed by atoms with van der Waals surface area (Å²) >= 11 is 0. The Morgan fingerprint density at radius 1 is 0.212 bits per heavy atom. The number of carboxylic acid groups (broad SMARTS) is 1. The molecule has 0 aliphatic carbocycles. The number of carboxylic acids is 1. The quantitative estimate of drug-likeness (QED) is 0.0366. The molecule has 8 amide bonds. The van der Waals surface area contributed by atoms with Gasteiger partial charge in [0.25, 0.3) is 0 Å². The summed E-state index contributed by atoms with van der Waals surface area (Å²) in [5.74, 6) is -3.12. The van der Waals surface area contributed by atoms with E-state index >= 15 is 28.8 Å². The molecule has 0 saturated heterocycles. The van der Waals surface area contributed by atoms with E-state index in [2.05, 4.69) is 24.4 Å². The number of aliphatic carboxylic acids is 1. The first-order valence-corrected chi connectivity index (χ1v) is 41.8. The van der Waals surface area contributed by atoms with Crippen molar-refractivity contribution in [3.63, 3.8) is 0 Å². The number of amides is 8. The second-order valence-electron chi connectivity index (χ2n) is 30.6. The van der Waals surface area contributed by atoms with Crippen LogP contribution in [0.25, 0.3) is 0 Å². The average molecular weight is 1600 g/mol. The van der Waals surface area contributed by atoms with Gasteiger partial charge in [-0.2, -0.15) is 0 Å². The number of hydrogen-bond acceptors (Lipinski definition) is 10. The molecule has 0 fully saturated rings. The molecular weight excluding hydrogens is 1480 g/mol. The van der Waals surface area contributed by atoms with Crippen LogP contribution >= 0.6 is 0 Å². The summed E-state index contributed by atoms with van der Waals surface area (Å²) in [6.07, 6.45) is -0.679. The van der Waals surface area contributed by atoms with Crippen molar-refractivity contribution in [2.45, 2.75) is 174 Å². The van der Waals surface area contributed by atoms with Crippen LogP contribution in [0.2, 0.25) is 0 Å². The van der Waals surface area contributed by atoms with Crippen molar-refractivity contribution in [2.75, 3.05) is 58.9 Å². The minimum absolute atomic E-state index is 0.00175. The first-order chi connectivity index (χ1) is 57.0. The third-order valence-electron chi connectivity index (χ3n) is 23.2. The zero-order valence-electron chi connectivity index (χ0n) is 70.1. The first-order valence-electron chi connectivity index (χ1n) is 41.8. The van der Waals surface area contributed by atoms with Gasteiger partial charge in [0.1, 0.15) is 0 Å². The van der Waals surface area contributed by atoms with Crippen LogP contribution in [-0.4, -0.2) is 156 Å². The van der Waals surface area contributed by atoms with Crippen LogP contribution in [0.15, 0.2) is 273 Å². The molecule has 0 aromatic heterocycles. The summed E-state index contributed by atoms with van der Waals surface area (Å²) in [5, 5.41) is 13.2. The Balaban J connectivity index is 0.926. The van der Waals surface area contributed by atoms with Crippen molar-refractivity contribution in [3.8, 4) is 0 Å². The van der Waals surface area contributed by atoms with Gasteiger partial charge in [-0.05, 0) is 112 Å². The Morgan fingerprint density at radius 3 is 0.500 bits per heavy atom. The van der Waals surface area contributed by atoms with Crippen molar-refractivity contribution in [3.05, 3.63) is 323 Å². The zero-order chi connectivity index (χ0) is 84.5. The Labute approximate surface area is 698 Å². The van der Waals surface area contributed by atoms with Crippen LogP contribution in [0.4, 0.5) is 0 Å². The number of nitrogens with one attached hydrogen (secondary N) is 1. The SMILES string of the molecule is C[C@H](NCCC(=O)N(CCC(=O)N(CCC(=O)N(CCC(=O)N(CCC(=O)N(CCC(=O)N(CCC(=O)N(CCC(=O)N(CCC(=O)O)[C@@H](C)c1ccccc1)[C@@H](C)c1ccccc1)[C@@H](C)c1ccccc1)[C@@H](C)c1ccccc1)[C@@H](C)c1ccccc1)[C@@H](C)c1ccccc1)[C@@H](C)c1ccccc1)[C@@H](C)c1ccccc1)c1ccccc1. The highest BCUT2D eigenvalue weighted by Gasteiger charge is 2.34. The van der Waals surface area contributed by atoms with E-state index in [1.807, 2.05) is 316 Å². The highest BCUT2D eigenvalue weighted by Crippen LogP contribution is 2.32. The summed E-state index contributed by atoms with van der Waals surface area (Å²) in [4.78, 5) is 146. The molecule has 0 unspecified atom stereocenters. The minimum atomic E-state index is -1.04. The molecule has 0 aliphatic rings. The first kappa shape index (κ1) is 90.1. The second kappa shape index (κ2) is 46.2. The lowest BCUT2D eigenvalue weighted by atomic mass is 10.0. The fraction of sp³-hybridized carbons (Fsp3) is 0.364. The molecule has 0 radical (unpaired) electrons. The molecule has 0 heterocycles.